The zero-order valence-corrected chi connectivity index (χ0v) is 14.3. The lowest BCUT2D eigenvalue weighted by atomic mass is 10.1. The van der Waals surface area contributed by atoms with E-state index < -0.39 is 10.2 Å². The summed E-state index contributed by atoms with van der Waals surface area (Å²) in [6.45, 7) is 9.60. The van der Waals surface area contributed by atoms with Crippen LogP contribution in [0.4, 0.5) is 0 Å². The Kier molecular flexibility index (Phi) is 7.31. The lowest BCUT2D eigenvalue weighted by molar-refractivity contribution is 0.181. The van der Waals surface area contributed by atoms with Gasteiger partial charge < -0.3 is 0 Å². The molecule has 0 atom stereocenters. The summed E-state index contributed by atoms with van der Waals surface area (Å²) >= 11 is 0. The second-order valence-corrected chi connectivity index (χ2v) is 6.74. The maximum atomic E-state index is 11.7. The van der Waals surface area contributed by atoms with Crippen LogP contribution in [0.2, 0.25) is 0 Å². The highest BCUT2D eigenvalue weighted by Crippen LogP contribution is 2.11. The van der Waals surface area contributed by atoms with Gasteiger partial charge in [0.05, 0.1) is 0 Å². The van der Waals surface area contributed by atoms with Crippen molar-refractivity contribution < 1.29 is 9.84 Å². The van der Waals surface area contributed by atoms with Gasteiger partial charge in [-0.3, -0.25) is 4.90 Å². The van der Waals surface area contributed by atoms with E-state index in [1.165, 1.54) is 22.5 Å². The number of aryl methyl sites for hydroxylation is 1. The molecule has 5 nitrogen and oxygen atoms in total. The fourth-order valence-corrected chi connectivity index (χ4v) is 3.11. The molecule has 6 heteroatoms. The van der Waals surface area contributed by atoms with Crippen molar-refractivity contribution in [2.45, 2.75) is 27.3 Å². The lowest BCUT2D eigenvalue weighted by Gasteiger charge is -2.33. The van der Waals surface area contributed by atoms with Crippen LogP contribution >= 0.6 is 0 Å². The van der Waals surface area contributed by atoms with E-state index in [1.54, 1.807) is 0 Å². The van der Waals surface area contributed by atoms with Crippen LogP contribution in [0.3, 0.4) is 0 Å². The number of rotatable bonds is 4. The Labute approximate surface area is 130 Å². The summed E-state index contributed by atoms with van der Waals surface area (Å²) in [4.78, 5) is 2.28. The van der Waals surface area contributed by atoms with Gasteiger partial charge in [-0.1, -0.05) is 43.7 Å². The molecule has 1 aromatic rings. The molecule has 1 fully saturated rings. The third-order valence-electron chi connectivity index (χ3n) is 3.46. The molecule has 1 heterocycles. The SMILES string of the molecule is CC.CNS(=O)(=O)N1CCN(Cc2ccc(C)cc2)CC1.[HH]. The van der Waals surface area contributed by atoms with Gasteiger partial charge in [0.15, 0.2) is 0 Å². The van der Waals surface area contributed by atoms with Gasteiger partial charge in [-0.2, -0.15) is 12.7 Å². The Bertz CT molecular complexity index is 512. The molecule has 0 bridgehead atoms. The van der Waals surface area contributed by atoms with E-state index in [9.17, 15) is 8.42 Å². The summed E-state index contributed by atoms with van der Waals surface area (Å²) in [7, 11) is -1.81. The Balaban J connectivity index is 0.00000141. The Morgan fingerprint density at radius 2 is 1.62 bits per heavy atom. The minimum absolute atomic E-state index is 0. The third kappa shape index (κ3) is 5.39. The number of hydrogen-bond acceptors (Lipinski definition) is 3. The molecule has 1 aliphatic heterocycles. The predicted molar refractivity (Wildman–Crippen MR) is 89.5 cm³/mol. The van der Waals surface area contributed by atoms with Crippen molar-refractivity contribution in [3.63, 3.8) is 0 Å². The van der Waals surface area contributed by atoms with Gasteiger partial charge in [0.2, 0.25) is 0 Å². The lowest BCUT2D eigenvalue weighted by Crippen LogP contribution is -2.51. The number of piperazine rings is 1. The van der Waals surface area contributed by atoms with E-state index >= 15 is 0 Å². The third-order valence-corrected chi connectivity index (χ3v) is 5.02. The van der Waals surface area contributed by atoms with Crippen LogP contribution < -0.4 is 4.72 Å². The first-order valence-electron chi connectivity index (χ1n) is 7.48. The van der Waals surface area contributed by atoms with Crippen LogP contribution in [0.1, 0.15) is 26.4 Å². The first kappa shape index (κ1) is 18.1. The standard InChI is InChI=1S/C13H21N3O2S.C2H6.H2/c1-12-3-5-13(6-4-12)11-15-7-9-16(10-8-15)19(17,18)14-2;1-2;/h3-6,14H,7-11H2,1-2H3;1-2H3;1H. The molecular formula is C15H29N3O2S. The van der Waals surface area contributed by atoms with Crippen LogP contribution in [0.5, 0.6) is 0 Å². The molecule has 0 spiro atoms. The minimum atomic E-state index is -3.27. The molecule has 1 aromatic carbocycles. The normalized spacial score (nSPS) is 17.1. The second-order valence-electron chi connectivity index (χ2n) is 4.87. The van der Waals surface area contributed by atoms with Crippen molar-refractivity contribution in [3.8, 4) is 0 Å². The van der Waals surface area contributed by atoms with Crippen molar-refractivity contribution >= 4 is 10.2 Å². The highest BCUT2D eigenvalue weighted by molar-refractivity contribution is 7.87. The van der Waals surface area contributed by atoms with Crippen LogP contribution in [-0.2, 0) is 16.8 Å². The van der Waals surface area contributed by atoms with Crippen LogP contribution in [0.25, 0.3) is 0 Å². The summed E-state index contributed by atoms with van der Waals surface area (Å²) in [6.07, 6.45) is 0. The molecule has 1 aliphatic rings. The van der Waals surface area contributed by atoms with Gasteiger partial charge >= 0.3 is 0 Å². The average molecular weight is 315 g/mol. The van der Waals surface area contributed by atoms with Gasteiger partial charge in [-0.05, 0) is 12.5 Å². The number of nitrogens with one attached hydrogen (secondary N) is 1. The van der Waals surface area contributed by atoms with E-state index in [-0.39, 0.29) is 1.43 Å². The molecule has 2 rings (SSSR count). The van der Waals surface area contributed by atoms with E-state index in [0.717, 1.165) is 19.6 Å². The molecule has 0 amide bonds. The highest BCUT2D eigenvalue weighted by Gasteiger charge is 2.25. The molecule has 122 valence electrons. The van der Waals surface area contributed by atoms with Gasteiger partial charge in [0.25, 0.3) is 10.2 Å². The maximum absolute atomic E-state index is 11.7. The zero-order valence-electron chi connectivity index (χ0n) is 13.5. The van der Waals surface area contributed by atoms with E-state index in [1.807, 2.05) is 13.8 Å². The van der Waals surface area contributed by atoms with Crippen molar-refractivity contribution in [1.29, 1.82) is 0 Å². The highest BCUT2D eigenvalue weighted by atomic mass is 32.2. The minimum Gasteiger partial charge on any atom is -0.296 e. The summed E-state index contributed by atoms with van der Waals surface area (Å²) < 4.78 is 27.2. The van der Waals surface area contributed by atoms with Gasteiger partial charge in [-0.25, -0.2) is 4.72 Å². The summed E-state index contributed by atoms with van der Waals surface area (Å²) in [5.74, 6) is 0. The zero-order chi connectivity index (χ0) is 15.9. The Morgan fingerprint density at radius 1 is 1.10 bits per heavy atom. The monoisotopic (exact) mass is 315 g/mol. The topological polar surface area (TPSA) is 52.7 Å². The van der Waals surface area contributed by atoms with Crippen LogP contribution in [-0.4, -0.2) is 50.8 Å². The largest absolute Gasteiger partial charge is 0.296 e. The van der Waals surface area contributed by atoms with Crippen LogP contribution in [0, 0.1) is 6.92 Å². The molecule has 1 saturated heterocycles. The Hall–Kier alpha value is -0.950. The second kappa shape index (κ2) is 8.48. The Morgan fingerprint density at radius 3 is 2.10 bits per heavy atom. The first-order chi connectivity index (χ1) is 10.0. The smallest absolute Gasteiger partial charge is 0.279 e. The molecular weight excluding hydrogens is 286 g/mol. The molecule has 21 heavy (non-hydrogen) atoms. The van der Waals surface area contributed by atoms with Crippen molar-refractivity contribution in [2.75, 3.05) is 33.2 Å². The fourth-order valence-electron chi connectivity index (χ4n) is 2.21. The van der Waals surface area contributed by atoms with Crippen molar-refractivity contribution in [1.82, 2.24) is 13.9 Å². The first-order valence-corrected chi connectivity index (χ1v) is 8.92. The fraction of sp³-hybridized carbons (Fsp3) is 0.600. The number of hydrogen-bond donors (Lipinski definition) is 1. The molecule has 0 aromatic heterocycles. The summed E-state index contributed by atoms with van der Waals surface area (Å²) in [5, 5.41) is 0. The maximum Gasteiger partial charge on any atom is 0.279 e. The quantitative estimate of drug-likeness (QED) is 0.922. The van der Waals surface area contributed by atoms with Gasteiger partial charge in [0, 0.05) is 41.2 Å². The molecule has 0 radical (unpaired) electrons. The average Bonchev–Trinajstić information content (AvgIpc) is 2.52. The summed E-state index contributed by atoms with van der Waals surface area (Å²) in [6, 6.07) is 8.48. The predicted octanol–water partition coefficient (Wildman–Crippen LogP) is 1.85. The van der Waals surface area contributed by atoms with E-state index in [2.05, 4.69) is 40.8 Å². The van der Waals surface area contributed by atoms with Crippen molar-refractivity contribution in [2.24, 2.45) is 0 Å². The number of nitrogens with zero attached hydrogens (tertiary/aromatic N) is 2. The van der Waals surface area contributed by atoms with Gasteiger partial charge in [0.1, 0.15) is 0 Å². The summed E-state index contributed by atoms with van der Waals surface area (Å²) in [5.41, 5.74) is 2.53. The number of benzene rings is 1. The van der Waals surface area contributed by atoms with Gasteiger partial charge in [-0.15, -0.1) is 0 Å². The van der Waals surface area contributed by atoms with E-state index in [0.29, 0.717) is 13.1 Å². The molecule has 0 saturated carbocycles. The molecule has 0 unspecified atom stereocenters. The molecule has 0 aliphatic carbocycles. The van der Waals surface area contributed by atoms with E-state index in [4.69, 9.17) is 0 Å². The van der Waals surface area contributed by atoms with Crippen LogP contribution in [0.15, 0.2) is 24.3 Å². The molecule has 1 N–H and O–H groups in total. The van der Waals surface area contributed by atoms with Crippen molar-refractivity contribution in [3.05, 3.63) is 35.4 Å².